The highest BCUT2D eigenvalue weighted by atomic mass is 16.3. The van der Waals surface area contributed by atoms with E-state index in [1.54, 1.807) is 23.4 Å². The Labute approximate surface area is 145 Å². The summed E-state index contributed by atoms with van der Waals surface area (Å²) in [5.41, 5.74) is 1.43. The molecule has 2 aromatic rings. The van der Waals surface area contributed by atoms with Gasteiger partial charge in [-0.2, -0.15) is 0 Å². The van der Waals surface area contributed by atoms with Gasteiger partial charge in [0.2, 0.25) is 5.91 Å². The van der Waals surface area contributed by atoms with Gasteiger partial charge >= 0.3 is 0 Å². The topological polar surface area (TPSA) is 87.5 Å². The lowest BCUT2D eigenvalue weighted by atomic mass is 9.71. The number of rotatable bonds is 1. The van der Waals surface area contributed by atoms with Gasteiger partial charge in [-0.15, -0.1) is 0 Å². The van der Waals surface area contributed by atoms with Crippen LogP contribution in [0.15, 0.2) is 24.5 Å². The fraction of sp³-hybridized carbons (Fsp3) is 0.500. The minimum absolute atomic E-state index is 0.114. The Morgan fingerprint density at radius 3 is 3.08 bits per heavy atom. The van der Waals surface area contributed by atoms with Crippen LogP contribution in [-0.4, -0.2) is 57.1 Å². The first-order valence-corrected chi connectivity index (χ1v) is 8.68. The predicted octanol–water partition coefficient (Wildman–Crippen LogP) is 0.676. The number of benzene rings is 1. The number of hydrogen-bond donors (Lipinski definition) is 2. The smallest absolute Gasteiger partial charge is 0.253 e. The number of hydrogen-bond acceptors (Lipinski definition) is 4. The quantitative estimate of drug-likeness (QED) is 0.798. The van der Waals surface area contributed by atoms with Crippen LogP contribution in [0.4, 0.5) is 0 Å². The molecule has 1 aromatic carbocycles. The molecular weight excluding hydrogens is 320 g/mol. The number of carbonyl (C=O) groups is 2. The fourth-order valence-electron chi connectivity index (χ4n) is 4.07. The number of amides is 2. The number of fused-ring (bicyclic) bond motifs is 1. The highest BCUT2D eigenvalue weighted by Crippen LogP contribution is 2.37. The van der Waals surface area contributed by atoms with Crippen LogP contribution < -0.4 is 5.32 Å². The number of aliphatic hydroxyl groups excluding tert-OH is 1. The van der Waals surface area contributed by atoms with E-state index in [-0.39, 0.29) is 18.4 Å². The standard InChI is InChI=1S/C18H22N4O3/c1-21-11-20-13-9-12(3-4-14(13)21)16(24)22-8-5-15(23)18(10-22)6-2-7-19-17(18)25/h3-4,9,11,15,23H,2,5-8,10H2,1H3,(H,19,25)/t15-,18+/m0/s1. The van der Waals surface area contributed by atoms with Crippen LogP contribution in [0.3, 0.4) is 0 Å². The number of piperidine rings is 2. The second-order valence-corrected chi connectivity index (χ2v) is 7.11. The van der Waals surface area contributed by atoms with E-state index < -0.39 is 11.5 Å². The molecule has 2 amide bonds. The third-order valence-corrected chi connectivity index (χ3v) is 5.58. The summed E-state index contributed by atoms with van der Waals surface area (Å²) < 4.78 is 1.90. The molecular formula is C18H22N4O3. The van der Waals surface area contributed by atoms with Gasteiger partial charge in [-0.25, -0.2) is 4.98 Å². The van der Waals surface area contributed by atoms with Gasteiger partial charge < -0.3 is 19.9 Å². The van der Waals surface area contributed by atoms with E-state index in [4.69, 9.17) is 0 Å². The second-order valence-electron chi connectivity index (χ2n) is 7.11. The van der Waals surface area contributed by atoms with Gasteiger partial charge in [0.05, 0.1) is 28.9 Å². The van der Waals surface area contributed by atoms with E-state index in [0.717, 1.165) is 17.5 Å². The SMILES string of the molecule is Cn1cnc2cc(C(=O)N3CC[C@H](O)[C@@]4(CCCNC4=O)C3)ccc21. The molecule has 2 fully saturated rings. The molecule has 132 valence electrons. The molecule has 0 unspecified atom stereocenters. The highest BCUT2D eigenvalue weighted by Gasteiger charge is 2.50. The van der Waals surface area contributed by atoms with Crippen LogP contribution in [0.5, 0.6) is 0 Å². The maximum absolute atomic E-state index is 13.0. The number of aryl methyl sites for hydroxylation is 1. The number of nitrogens with zero attached hydrogens (tertiary/aromatic N) is 3. The van der Waals surface area contributed by atoms with E-state index in [9.17, 15) is 14.7 Å². The molecule has 4 rings (SSSR count). The molecule has 0 bridgehead atoms. The molecule has 3 heterocycles. The third kappa shape index (κ3) is 2.50. The van der Waals surface area contributed by atoms with Crippen LogP contribution in [0, 0.1) is 5.41 Å². The lowest BCUT2D eigenvalue weighted by Crippen LogP contribution is -2.62. The average Bonchev–Trinajstić information content (AvgIpc) is 2.99. The Balaban J connectivity index is 1.61. The van der Waals surface area contributed by atoms with E-state index in [2.05, 4.69) is 10.3 Å². The Morgan fingerprint density at radius 1 is 1.44 bits per heavy atom. The number of imidazole rings is 1. The summed E-state index contributed by atoms with van der Waals surface area (Å²) in [6, 6.07) is 5.47. The Kier molecular flexibility index (Phi) is 3.76. The van der Waals surface area contributed by atoms with E-state index in [0.29, 0.717) is 31.5 Å². The minimum atomic E-state index is -0.874. The summed E-state index contributed by atoms with van der Waals surface area (Å²) in [6.07, 6.45) is 2.88. The van der Waals surface area contributed by atoms with Crippen LogP contribution in [0.1, 0.15) is 29.6 Å². The second kappa shape index (κ2) is 5.84. The molecule has 2 aliphatic heterocycles. The number of likely N-dealkylation sites (tertiary alicyclic amines) is 1. The summed E-state index contributed by atoms with van der Waals surface area (Å²) in [4.78, 5) is 31.4. The minimum Gasteiger partial charge on any atom is -0.392 e. The normalized spacial score (nSPS) is 26.9. The summed E-state index contributed by atoms with van der Waals surface area (Å²) in [6.45, 7) is 1.35. The van der Waals surface area contributed by atoms with Crippen molar-refractivity contribution in [1.82, 2.24) is 19.8 Å². The van der Waals surface area contributed by atoms with E-state index >= 15 is 0 Å². The fourth-order valence-corrected chi connectivity index (χ4v) is 4.07. The monoisotopic (exact) mass is 342 g/mol. The van der Waals surface area contributed by atoms with Crippen molar-refractivity contribution in [3.63, 3.8) is 0 Å². The van der Waals surface area contributed by atoms with Gasteiger partial charge in [0.25, 0.3) is 5.91 Å². The average molecular weight is 342 g/mol. The van der Waals surface area contributed by atoms with E-state index in [1.807, 2.05) is 17.7 Å². The molecule has 2 N–H and O–H groups in total. The van der Waals surface area contributed by atoms with Gasteiger partial charge in [-0.1, -0.05) is 0 Å². The number of aromatic nitrogens is 2. The van der Waals surface area contributed by atoms with Crippen molar-refractivity contribution in [1.29, 1.82) is 0 Å². The van der Waals surface area contributed by atoms with Crippen molar-refractivity contribution < 1.29 is 14.7 Å². The van der Waals surface area contributed by atoms with E-state index in [1.165, 1.54) is 0 Å². The Bertz CT molecular complexity index is 846. The highest BCUT2D eigenvalue weighted by molar-refractivity contribution is 5.98. The predicted molar refractivity (Wildman–Crippen MR) is 91.9 cm³/mol. The molecule has 1 spiro atoms. The first kappa shape index (κ1) is 16.1. The molecule has 0 radical (unpaired) electrons. The van der Waals surface area contributed by atoms with Gasteiger partial charge in [0.1, 0.15) is 0 Å². The first-order chi connectivity index (χ1) is 12.0. The molecule has 0 aliphatic carbocycles. The Morgan fingerprint density at radius 2 is 2.28 bits per heavy atom. The molecule has 2 atom stereocenters. The summed E-state index contributed by atoms with van der Waals surface area (Å²) in [5, 5.41) is 13.3. The van der Waals surface area contributed by atoms with Crippen LogP contribution in [0.25, 0.3) is 11.0 Å². The van der Waals surface area contributed by atoms with Crippen molar-refractivity contribution >= 4 is 22.8 Å². The van der Waals surface area contributed by atoms with Crippen molar-refractivity contribution in [2.45, 2.75) is 25.4 Å². The lowest BCUT2D eigenvalue weighted by Gasteiger charge is -2.46. The zero-order valence-corrected chi connectivity index (χ0v) is 14.2. The van der Waals surface area contributed by atoms with Crippen molar-refractivity contribution in [2.24, 2.45) is 12.5 Å². The summed E-state index contributed by atoms with van der Waals surface area (Å²) in [7, 11) is 1.91. The van der Waals surface area contributed by atoms with Crippen molar-refractivity contribution in [3.8, 4) is 0 Å². The van der Waals surface area contributed by atoms with Crippen LogP contribution >= 0.6 is 0 Å². The number of aliphatic hydroxyl groups is 1. The molecule has 1 aromatic heterocycles. The van der Waals surface area contributed by atoms with Gasteiger partial charge in [0.15, 0.2) is 0 Å². The van der Waals surface area contributed by atoms with Gasteiger partial charge in [-0.05, 0) is 37.5 Å². The number of carbonyl (C=O) groups excluding carboxylic acids is 2. The molecule has 25 heavy (non-hydrogen) atoms. The summed E-state index contributed by atoms with van der Waals surface area (Å²) in [5.74, 6) is -0.249. The third-order valence-electron chi connectivity index (χ3n) is 5.58. The largest absolute Gasteiger partial charge is 0.392 e. The first-order valence-electron chi connectivity index (χ1n) is 8.68. The lowest BCUT2D eigenvalue weighted by molar-refractivity contribution is -0.147. The zero-order chi connectivity index (χ0) is 17.6. The van der Waals surface area contributed by atoms with Crippen LogP contribution in [-0.2, 0) is 11.8 Å². The molecule has 7 nitrogen and oxygen atoms in total. The molecule has 2 saturated heterocycles. The summed E-state index contributed by atoms with van der Waals surface area (Å²) >= 11 is 0. The van der Waals surface area contributed by atoms with Crippen LogP contribution in [0.2, 0.25) is 0 Å². The maximum Gasteiger partial charge on any atom is 0.253 e. The zero-order valence-electron chi connectivity index (χ0n) is 14.2. The molecule has 7 heteroatoms. The van der Waals surface area contributed by atoms with Crippen molar-refractivity contribution in [3.05, 3.63) is 30.1 Å². The maximum atomic E-state index is 13.0. The number of nitrogens with one attached hydrogen (secondary N) is 1. The van der Waals surface area contributed by atoms with Crippen molar-refractivity contribution in [2.75, 3.05) is 19.6 Å². The molecule has 0 saturated carbocycles. The molecule has 2 aliphatic rings. The Hall–Kier alpha value is -2.41. The van der Waals surface area contributed by atoms with Gasteiger partial charge in [-0.3, -0.25) is 9.59 Å². The van der Waals surface area contributed by atoms with Gasteiger partial charge in [0, 0.05) is 32.2 Å².